The average Bonchev–Trinajstić information content (AvgIpc) is 2.63. The maximum absolute atomic E-state index is 4.72. The summed E-state index contributed by atoms with van der Waals surface area (Å²) in [6, 6.07) is 0. The van der Waals surface area contributed by atoms with Gasteiger partial charge in [-0.15, -0.1) is 10.2 Å². The Balaban J connectivity index is 0.000000120. The van der Waals surface area contributed by atoms with Crippen LogP contribution in [0.4, 0.5) is 0 Å². The molecule has 2 heterocycles. The third kappa shape index (κ3) is 2.96. The van der Waals surface area contributed by atoms with Gasteiger partial charge in [0.1, 0.15) is 6.26 Å². The molecule has 0 saturated heterocycles. The first-order valence-electron chi connectivity index (χ1n) is 3.38. The predicted molar refractivity (Wildman–Crippen MR) is 40.3 cm³/mol. The van der Waals surface area contributed by atoms with Crippen LogP contribution >= 0.6 is 0 Å². The molecule has 0 saturated carbocycles. The zero-order valence-electron chi connectivity index (χ0n) is 6.89. The zero-order chi connectivity index (χ0) is 8.81. The molecule has 0 aliphatic heterocycles. The van der Waals surface area contributed by atoms with Crippen molar-refractivity contribution in [3.8, 4) is 0 Å². The predicted octanol–water partition coefficient (Wildman–Crippen LogP) is 1.36. The fourth-order valence-corrected chi connectivity index (χ4v) is 0.523. The van der Waals surface area contributed by atoms with Gasteiger partial charge < -0.3 is 8.83 Å². The molecule has 0 aromatic carbocycles. The zero-order valence-corrected chi connectivity index (χ0v) is 6.89. The van der Waals surface area contributed by atoms with Gasteiger partial charge in [-0.2, -0.15) is 0 Å². The smallest absolute Gasteiger partial charge is 0.213 e. The van der Waals surface area contributed by atoms with Crippen molar-refractivity contribution >= 4 is 0 Å². The number of hydrogen-bond acceptors (Lipinski definition) is 5. The summed E-state index contributed by atoms with van der Waals surface area (Å²) >= 11 is 0. The highest BCUT2D eigenvalue weighted by molar-refractivity contribution is 4.72. The number of rotatable bonds is 0. The van der Waals surface area contributed by atoms with Crippen LogP contribution in [0.1, 0.15) is 11.8 Å². The van der Waals surface area contributed by atoms with Crippen LogP contribution in [0.2, 0.25) is 0 Å². The topological polar surface area (TPSA) is 65.0 Å². The van der Waals surface area contributed by atoms with Crippen LogP contribution in [0.5, 0.6) is 0 Å². The highest BCUT2D eigenvalue weighted by Crippen LogP contribution is 1.86. The molecule has 0 fully saturated rings. The minimum Gasteiger partial charge on any atom is -0.449 e. The Hall–Kier alpha value is -1.65. The fraction of sp³-hybridized carbons (Fsp3) is 0.286. The van der Waals surface area contributed by atoms with Crippen molar-refractivity contribution in [2.24, 2.45) is 0 Å². The summed E-state index contributed by atoms with van der Waals surface area (Å²) in [5, 5.41) is 6.91. The molecule has 2 rings (SSSR count). The second kappa shape index (κ2) is 4.27. The van der Waals surface area contributed by atoms with Gasteiger partial charge in [0.2, 0.25) is 12.3 Å². The number of oxazole rings is 1. The van der Waals surface area contributed by atoms with E-state index in [0.717, 1.165) is 5.89 Å². The Morgan fingerprint density at radius 2 is 2.00 bits per heavy atom. The Morgan fingerprint density at radius 1 is 1.17 bits per heavy atom. The van der Waals surface area contributed by atoms with Crippen LogP contribution in [-0.2, 0) is 0 Å². The highest BCUT2D eigenvalue weighted by Gasteiger charge is 1.79. The van der Waals surface area contributed by atoms with E-state index >= 15 is 0 Å². The lowest BCUT2D eigenvalue weighted by atomic mass is 10.8. The largest absolute Gasteiger partial charge is 0.449 e. The fourth-order valence-electron chi connectivity index (χ4n) is 0.523. The third-order valence-electron chi connectivity index (χ3n) is 1.02. The van der Waals surface area contributed by atoms with E-state index in [2.05, 4.69) is 19.6 Å². The normalized spacial score (nSPS) is 8.83. The van der Waals surface area contributed by atoms with Gasteiger partial charge in [0.15, 0.2) is 5.89 Å². The van der Waals surface area contributed by atoms with Crippen molar-refractivity contribution in [3.05, 3.63) is 30.6 Å². The van der Waals surface area contributed by atoms with E-state index in [1.54, 1.807) is 26.3 Å². The Bertz CT molecular complexity index is 256. The third-order valence-corrected chi connectivity index (χ3v) is 1.02. The summed E-state index contributed by atoms with van der Waals surface area (Å²) in [5.74, 6) is 1.32. The number of aryl methyl sites for hydroxylation is 2. The molecular formula is C7H9N3O2. The summed E-state index contributed by atoms with van der Waals surface area (Å²) in [6.07, 6.45) is 4.47. The summed E-state index contributed by atoms with van der Waals surface area (Å²) in [5.41, 5.74) is 0. The molecule has 5 heteroatoms. The molecule has 0 aliphatic rings. The first-order valence-corrected chi connectivity index (χ1v) is 3.38. The second-order valence-corrected chi connectivity index (χ2v) is 2.01. The molecule has 64 valence electrons. The molecule has 2 aromatic rings. The molecule has 0 atom stereocenters. The van der Waals surface area contributed by atoms with Crippen LogP contribution in [0.25, 0.3) is 0 Å². The lowest BCUT2D eigenvalue weighted by Crippen LogP contribution is -1.65. The molecule has 2 aromatic heterocycles. The first-order chi connectivity index (χ1) is 5.79. The molecule has 5 nitrogen and oxygen atoms in total. The lowest BCUT2D eigenvalue weighted by Gasteiger charge is -1.67. The van der Waals surface area contributed by atoms with Gasteiger partial charge in [0.05, 0.1) is 6.20 Å². The van der Waals surface area contributed by atoms with Gasteiger partial charge in [0, 0.05) is 13.8 Å². The van der Waals surface area contributed by atoms with Crippen molar-refractivity contribution in [1.82, 2.24) is 15.2 Å². The van der Waals surface area contributed by atoms with Crippen LogP contribution in [-0.4, -0.2) is 15.2 Å². The molecule has 12 heavy (non-hydrogen) atoms. The van der Waals surface area contributed by atoms with Gasteiger partial charge in [-0.3, -0.25) is 0 Å². The molecule has 0 N–H and O–H groups in total. The van der Waals surface area contributed by atoms with Gasteiger partial charge in [0.25, 0.3) is 0 Å². The van der Waals surface area contributed by atoms with Crippen molar-refractivity contribution in [3.63, 3.8) is 0 Å². The average molecular weight is 167 g/mol. The van der Waals surface area contributed by atoms with Crippen LogP contribution < -0.4 is 0 Å². The summed E-state index contributed by atoms with van der Waals surface area (Å²) in [4.78, 5) is 3.75. The number of nitrogens with zero attached hydrogens (tertiary/aromatic N) is 3. The standard InChI is InChI=1S/C4H5NO.C3H4N2O/c1-4-5-2-3-6-4;1-3-5-4-2-6-3/h2-3H,1H3;2H,1H3. The van der Waals surface area contributed by atoms with E-state index in [0.29, 0.717) is 5.89 Å². The van der Waals surface area contributed by atoms with E-state index in [9.17, 15) is 0 Å². The van der Waals surface area contributed by atoms with E-state index < -0.39 is 0 Å². The quantitative estimate of drug-likeness (QED) is 0.592. The minimum atomic E-state index is 0.606. The van der Waals surface area contributed by atoms with Crippen molar-refractivity contribution in [2.75, 3.05) is 0 Å². The molecule has 0 aliphatic carbocycles. The molecule has 0 spiro atoms. The van der Waals surface area contributed by atoms with Crippen LogP contribution in [0.3, 0.4) is 0 Å². The number of aromatic nitrogens is 3. The van der Waals surface area contributed by atoms with Crippen molar-refractivity contribution in [2.45, 2.75) is 13.8 Å². The van der Waals surface area contributed by atoms with E-state index in [1.807, 2.05) is 0 Å². The van der Waals surface area contributed by atoms with E-state index in [-0.39, 0.29) is 0 Å². The minimum absolute atomic E-state index is 0.606. The second-order valence-electron chi connectivity index (χ2n) is 2.01. The Morgan fingerprint density at radius 3 is 2.17 bits per heavy atom. The lowest BCUT2D eigenvalue weighted by molar-refractivity contribution is 0.518. The first kappa shape index (κ1) is 8.45. The van der Waals surface area contributed by atoms with E-state index in [4.69, 9.17) is 4.42 Å². The van der Waals surface area contributed by atoms with Gasteiger partial charge in [-0.25, -0.2) is 4.98 Å². The maximum Gasteiger partial charge on any atom is 0.213 e. The molecule has 0 radical (unpaired) electrons. The highest BCUT2D eigenvalue weighted by atomic mass is 16.4. The summed E-state index contributed by atoms with van der Waals surface area (Å²) < 4.78 is 9.33. The van der Waals surface area contributed by atoms with Gasteiger partial charge in [-0.05, 0) is 0 Å². The summed E-state index contributed by atoms with van der Waals surface area (Å²) in [6.45, 7) is 3.55. The van der Waals surface area contributed by atoms with Gasteiger partial charge in [-0.1, -0.05) is 0 Å². The SMILES string of the molecule is Cc1ncco1.Cc1nnco1. The summed E-state index contributed by atoms with van der Waals surface area (Å²) in [7, 11) is 0. The molecule has 0 bridgehead atoms. The molecular weight excluding hydrogens is 158 g/mol. The Kier molecular flexibility index (Phi) is 3.01. The molecule has 0 unspecified atom stereocenters. The van der Waals surface area contributed by atoms with E-state index in [1.165, 1.54) is 6.39 Å². The van der Waals surface area contributed by atoms with Gasteiger partial charge >= 0.3 is 0 Å². The maximum atomic E-state index is 4.72. The molecule has 0 amide bonds. The van der Waals surface area contributed by atoms with Crippen LogP contribution in [0.15, 0.2) is 27.7 Å². The van der Waals surface area contributed by atoms with Crippen LogP contribution in [0, 0.1) is 13.8 Å². The monoisotopic (exact) mass is 167 g/mol. The Labute approximate surface area is 69.4 Å². The van der Waals surface area contributed by atoms with Crippen molar-refractivity contribution < 1.29 is 8.83 Å². The van der Waals surface area contributed by atoms with Crippen molar-refractivity contribution in [1.29, 1.82) is 0 Å². The number of hydrogen-bond donors (Lipinski definition) is 0.